The maximum atomic E-state index is 13.7. The molecule has 1 unspecified atom stereocenters. The molecule has 1 rings (SSSR count). The van der Waals surface area contributed by atoms with E-state index >= 15 is 0 Å². The summed E-state index contributed by atoms with van der Waals surface area (Å²) in [6.45, 7) is 4.44. The highest BCUT2D eigenvalue weighted by Crippen LogP contribution is 2.17. The number of halogens is 2. The Morgan fingerprint density at radius 1 is 1.58 bits per heavy atom. The summed E-state index contributed by atoms with van der Waals surface area (Å²) >= 11 is 10.7. The molecule has 0 bridgehead atoms. The van der Waals surface area contributed by atoms with E-state index in [4.69, 9.17) is 29.6 Å². The number of carbonyl (C=O) groups excluding carboxylic acids is 1. The van der Waals surface area contributed by atoms with Crippen LogP contribution in [0.2, 0.25) is 5.02 Å². The van der Waals surface area contributed by atoms with Gasteiger partial charge in [-0.2, -0.15) is 0 Å². The van der Waals surface area contributed by atoms with E-state index in [-0.39, 0.29) is 11.5 Å². The van der Waals surface area contributed by atoms with Crippen molar-refractivity contribution >= 4 is 34.7 Å². The Labute approximate surface area is 122 Å². The largest absolute Gasteiger partial charge is 0.393 e. The summed E-state index contributed by atoms with van der Waals surface area (Å²) in [6, 6.07) is 3.91. The Hall–Kier alpha value is -1.20. The van der Waals surface area contributed by atoms with Crippen LogP contribution in [0.1, 0.15) is 24.2 Å². The molecule has 1 aromatic carbocycles. The smallest absolute Gasteiger partial charge is 0.256 e. The van der Waals surface area contributed by atoms with Gasteiger partial charge in [0.2, 0.25) is 0 Å². The third-order valence-electron chi connectivity index (χ3n) is 2.81. The number of rotatable bonds is 5. The lowest BCUT2D eigenvalue weighted by Gasteiger charge is -2.24. The summed E-state index contributed by atoms with van der Waals surface area (Å²) in [6.07, 6.45) is 0. The number of carbonyl (C=O) groups is 1. The maximum Gasteiger partial charge on any atom is 0.256 e. The highest BCUT2D eigenvalue weighted by molar-refractivity contribution is 7.80. The van der Waals surface area contributed by atoms with Gasteiger partial charge < -0.3 is 10.6 Å². The summed E-state index contributed by atoms with van der Waals surface area (Å²) in [7, 11) is 0. The molecule has 0 saturated carbocycles. The second-order valence-electron chi connectivity index (χ2n) is 4.27. The van der Waals surface area contributed by atoms with Crippen LogP contribution in [0.15, 0.2) is 18.2 Å². The Morgan fingerprint density at radius 2 is 2.21 bits per heavy atom. The third-order valence-corrected chi connectivity index (χ3v) is 3.45. The molecule has 0 aliphatic carbocycles. The summed E-state index contributed by atoms with van der Waals surface area (Å²) in [4.78, 5) is 14.1. The molecule has 104 valence electrons. The molecule has 1 atom stereocenters. The van der Waals surface area contributed by atoms with Gasteiger partial charge in [0.15, 0.2) is 0 Å². The zero-order valence-corrected chi connectivity index (χ0v) is 12.4. The third kappa shape index (κ3) is 4.14. The summed E-state index contributed by atoms with van der Waals surface area (Å²) in [5, 5.41) is 0.322. The molecule has 1 amide bonds. The Bertz CT molecular complexity index is 496. The molecule has 2 N–H and O–H groups in total. The highest BCUT2D eigenvalue weighted by atomic mass is 35.5. The number of nitrogens with zero attached hydrogens (tertiary/aromatic N) is 1. The minimum Gasteiger partial charge on any atom is -0.393 e. The fourth-order valence-corrected chi connectivity index (χ4v) is 1.85. The zero-order valence-electron chi connectivity index (χ0n) is 10.8. The Morgan fingerprint density at radius 3 is 2.74 bits per heavy atom. The molecule has 6 heteroatoms. The van der Waals surface area contributed by atoms with Crippen molar-refractivity contribution in [2.45, 2.75) is 13.8 Å². The molecule has 0 radical (unpaired) electrons. The minimum absolute atomic E-state index is 0.0375. The Kier molecular flexibility index (Phi) is 5.69. The van der Waals surface area contributed by atoms with Gasteiger partial charge in [-0.1, -0.05) is 30.7 Å². The topological polar surface area (TPSA) is 46.3 Å². The lowest BCUT2D eigenvalue weighted by atomic mass is 10.1. The van der Waals surface area contributed by atoms with E-state index in [1.807, 2.05) is 13.8 Å². The van der Waals surface area contributed by atoms with E-state index in [2.05, 4.69) is 0 Å². The van der Waals surface area contributed by atoms with Crippen LogP contribution < -0.4 is 5.73 Å². The van der Waals surface area contributed by atoms with Crippen molar-refractivity contribution < 1.29 is 9.18 Å². The molecule has 0 spiro atoms. The van der Waals surface area contributed by atoms with Gasteiger partial charge in [-0.3, -0.25) is 4.79 Å². The van der Waals surface area contributed by atoms with Crippen molar-refractivity contribution in [1.29, 1.82) is 0 Å². The molecule has 0 aliphatic rings. The van der Waals surface area contributed by atoms with Crippen molar-refractivity contribution in [3.05, 3.63) is 34.6 Å². The summed E-state index contributed by atoms with van der Waals surface area (Å²) in [5.74, 6) is -1.12. The summed E-state index contributed by atoms with van der Waals surface area (Å²) in [5.41, 5.74) is 5.49. The molecular formula is C13H16ClFN2OS. The zero-order chi connectivity index (χ0) is 14.6. The second-order valence-corrected chi connectivity index (χ2v) is 5.18. The van der Waals surface area contributed by atoms with Gasteiger partial charge in [0.05, 0.1) is 10.6 Å². The average molecular weight is 303 g/mol. The molecule has 0 saturated heterocycles. The molecule has 1 aromatic rings. The monoisotopic (exact) mass is 302 g/mol. The van der Waals surface area contributed by atoms with E-state index in [9.17, 15) is 9.18 Å². The van der Waals surface area contributed by atoms with Crippen LogP contribution in [0.5, 0.6) is 0 Å². The van der Waals surface area contributed by atoms with Gasteiger partial charge in [0.1, 0.15) is 5.82 Å². The molecule has 0 aromatic heterocycles. The number of thiocarbonyl (C=S) groups is 1. The number of nitrogens with two attached hydrogens (primary N) is 1. The van der Waals surface area contributed by atoms with E-state index < -0.39 is 11.7 Å². The first kappa shape index (κ1) is 15.9. The van der Waals surface area contributed by atoms with Gasteiger partial charge in [0.25, 0.3) is 5.91 Å². The van der Waals surface area contributed by atoms with Crippen LogP contribution in [0.25, 0.3) is 0 Å². The van der Waals surface area contributed by atoms with Crippen LogP contribution in [0.3, 0.4) is 0 Å². The molecular weight excluding hydrogens is 287 g/mol. The van der Waals surface area contributed by atoms with E-state index in [0.717, 1.165) is 0 Å². The molecule has 0 heterocycles. The van der Waals surface area contributed by atoms with Gasteiger partial charge in [-0.25, -0.2) is 4.39 Å². The number of hydrogen-bond acceptors (Lipinski definition) is 2. The fourth-order valence-electron chi connectivity index (χ4n) is 1.61. The van der Waals surface area contributed by atoms with Crippen molar-refractivity contribution in [1.82, 2.24) is 4.90 Å². The average Bonchev–Trinajstić information content (AvgIpc) is 2.37. The van der Waals surface area contributed by atoms with Crippen molar-refractivity contribution in [2.75, 3.05) is 13.1 Å². The van der Waals surface area contributed by atoms with Gasteiger partial charge in [-0.05, 0) is 25.1 Å². The first-order valence-corrected chi connectivity index (χ1v) is 6.69. The minimum atomic E-state index is -0.587. The van der Waals surface area contributed by atoms with E-state index in [1.54, 1.807) is 0 Å². The van der Waals surface area contributed by atoms with E-state index in [1.165, 1.54) is 23.1 Å². The summed E-state index contributed by atoms with van der Waals surface area (Å²) < 4.78 is 13.7. The fraction of sp³-hybridized carbons (Fsp3) is 0.385. The standard InChI is InChI=1S/C13H16ClFN2OS/c1-3-17(7-8(2)12(16)19)13(18)10-6-9(14)4-5-11(10)15/h4-6,8H,3,7H2,1-2H3,(H2,16,19). The SMILES string of the molecule is CCN(CC(C)C(N)=S)C(=O)c1cc(Cl)ccc1F. The predicted molar refractivity (Wildman–Crippen MR) is 78.9 cm³/mol. The van der Waals surface area contributed by atoms with Gasteiger partial charge in [-0.15, -0.1) is 0 Å². The Balaban J connectivity index is 2.95. The van der Waals surface area contributed by atoms with Crippen LogP contribution >= 0.6 is 23.8 Å². The maximum absolute atomic E-state index is 13.7. The number of benzene rings is 1. The van der Waals surface area contributed by atoms with Crippen molar-refractivity contribution in [2.24, 2.45) is 11.7 Å². The lowest BCUT2D eigenvalue weighted by Crippen LogP contribution is -2.38. The highest BCUT2D eigenvalue weighted by Gasteiger charge is 2.21. The van der Waals surface area contributed by atoms with Crippen LogP contribution in [0, 0.1) is 11.7 Å². The normalized spacial score (nSPS) is 12.0. The van der Waals surface area contributed by atoms with Gasteiger partial charge >= 0.3 is 0 Å². The predicted octanol–water partition coefficient (Wildman–Crippen LogP) is 2.86. The molecule has 0 fully saturated rings. The molecule has 3 nitrogen and oxygen atoms in total. The second kappa shape index (κ2) is 6.82. The van der Waals surface area contributed by atoms with Gasteiger partial charge in [0, 0.05) is 24.0 Å². The number of amides is 1. The van der Waals surface area contributed by atoms with Crippen molar-refractivity contribution in [3.63, 3.8) is 0 Å². The first-order chi connectivity index (χ1) is 8.86. The first-order valence-electron chi connectivity index (χ1n) is 5.90. The number of hydrogen-bond donors (Lipinski definition) is 1. The van der Waals surface area contributed by atoms with Crippen LogP contribution in [0.4, 0.5) is 4.39 Å². The van der Waals surface area contributed by atoms with E-state index in [0.29, 0.717) is 23.1 Å². The molecule has 19 heavy (non-hydrogen) atoms. The quantitative estimate of drug-likeness (QED) is 0.851. The molecule has 0 aliphatic heterocycles. The van der Waals surface area contributed by atoms with Crippen molar-refractivity contribution in [3.8, 4) is 0 Å². The van der Waals surface area contributed by atoms with Crippen LogP contribution in [-0.4, -0.2) is 28.9 Å². The lowest BCUT2D eigenvalue weighted by molar-refractivity contribution is 0.0750. The van der Waals surface area contributed by atoms with Crippen LogP contribution in [-0.2, 0) is 0 Å².